The fourth-order valence-corrected chi connectivity index (χ4v) is 2.24. The van der Waals surface area contributed by atoms with E-state index in [0.717, 1.165) is 42.8 Å². The predicted molar refractivity (Wildman–Crippen MR) is 79.5 cm³/mol. The van der Waals surface area contributed by atoms with Crippen LogP contribution >= 0.6 is 0 Å². The van der Waals surface area contributed by atoms with Crippen molar-refractivity contribution in [2.75, 3.05) is 0 Å². The molecule has 0 saturated heterocycles. The first-order valence-corrected chi connectivity index (χ1v) is 7.07. The minimum Gasteiger partial charge on any atom is -0.311 e. The van der Waals surface area contributed by atoms with E-state index in [4.69, 9.17) is 0 Å². The summed E-state index contributed by atoms with van der Waals surface area (Å²) >= 11 is 0. The molecule has 2 aromatic heterocycles. The van der Waals surface area contributed by atoms with Gasteiger partial charge in [0.1, 0.15) is 11.3 Å². The molecule has 0 unspecified atom stereocenters. The van der Waals surface area contributed by atoms with Gasteiger partial charge >= 0.3 is 0 Å². The number of aryl methyl sites for hydroxylation is 1. The summed E-state index contributed by atoms with van der Waals surface area (Å²) in [4.78, 5) is 13.4. The molecule has 0 amide bonds. The molecule has 3 aromatic rings. The lowest BCUT2D eigenvalue weighted by Gasteiger charge is -2.04. The number of unbranched alkanes of at least 4 members (excludes halogenated alkanes) is 1. The molecule has 4 heteroatoms. The largest absolute Gasteiger partial charge is 0.311 e. The van der Waals surface area contributed by atoms with Crippen LogP contribution < -0.4 is 0 Å². The average Bonchev–Trinajstić information content (AvgIpc) is 2.89. The third-order valence-electron chi connectivity index (χ3n) is 3.36. The van der Waals surface area contributed by atoms with Gasteiger partial charge in [0.05, 0.1) is 19.1 Å². The maximum Gasteiger partial charge on any atom is 0.163 e. The van der Waals surface area contributed by atoms with Crippen LogP contribution in [-0.2, 0) is 13.0 Å². The molecule has 0 fully saturated rings. The van der Waals surface area contributed by atoms with Gasteiger partial charge in [-0.15, -0.1) is 0 Å². The molecule has 0 spiro atoms. The molecule has 102 valence electrons. The van der Waals surface area contributed by atoms with E-state index in [2.05, 4.69) is 50.7 Å². The summed E-state index contributed by atoms with van der Waals surface area (Å²) in [6, 6.07) is 10.4. The van der Waals surface area contributed by atoms with Crippen LogP contribution in [0.5, 0.6) is 0 Å². The lowest BCUT2D eigenvalue weighted by atomic mass is 10.2. The summed E-state index contributed by atoms with van der Waals surface area (Å²) in [5, 5.41) is 0. The van der Waals surface area contributed by atoms with Crippen LogP contribution in [0, 0.1) is 0 Å². The van der Waals surface area contributed by atoms with Crippen molar-refractivity contribution in [2.45, 2.75) is 32.7 Å². The Morgan fingerprint density at radius 2 is 1.95 bits per heavy atom. The van der Waals surface area contributed by atoms with Crippen molar-refractivity contribution in [3.05, 3.63) is 54.2 Å². The molecule has 0 bridgehead atoms. The van der Waals surface area contributed by atoms with Crippen LogP contribution in [0.3, 0.4) is 0 Å². The minimum absolute atomic E-state index is 0.793. The number of rotatable bonds is 5. The Morgan fingerprint density at radius 3 is 2.75 bits per heavy atom. The van der Waals surface area contributed by atoms with E-state index in [9.17, 15) is 0 Å². The van der Waals surface area contributed by atoms with Crippen molar-refractivity contribution < 1.29 is 0 Å². The normalized spacial score (nSPS) is 11.1. The van der Waals surface area contributed by atoms with Gasteiger partial charge in [-0.2, -0.15) is 0 Å². The summed E-state index contributed by atoms with van der Waals surface area (Å²) in [6.07, 6.45) is 6.89. The number of hydrogen-bond acceptors (Lipinski definition) is 3. The molecule has 0 aliphatic rings. The van der Waals surface area contributed by atoms with Gasteiger partial charge in [0.25, 0.3) is 0 Å². The van der Waals surface area contributed by atoms with Crippen LogP contribution in [-0.4, -0.2) is 19.5 Å². The molecule has 4 nitrogen and oxygen atoms in total. The topological polar surface area (TPSA) is 43.6 Å². The van der Waals surface area contributed by atoms with E-state index >= 15 is 0 Å². The Hall–Kier alpha value is -2.23. The van der Waals surface area contributed by atoms with Crippen LogP contribution in [0.15, 0.2) is 42.9 Å². The van der Waals surface area contributed by atoms with E-state index in [1.54, 1.807) is 0 Å². The highest BCUT2D eigenvalue weighted by molar-refractivity contribution is 5.69. The first kappa shape index (κ1) is 12.8. The molecule has 0 saturated carbocycles. The number of nitrogens with zero attached hydrogens (tertiary/aromatic N) is 4. The van der Waals surface area contributed by atoms with Gasteiger partial charge in [0.2, 0.25) is 0 Å². The predicted octanol–water partition coefficient (Wildman–Crippen LogP) is 3.22. The quantitative estimate of drug-likeness (QED) is 0.712. The number of hydrogen-bond donors (Lipinski definition) is 0. The maximum atomic E-state index is 4.66. The number of imidazole rings is 1. The van der Waals surface area contributed by atoms with Crippen molar-refractivity contribution in [3.8, 4) is 0 Å². The van der Waals surface area contributed by atoms with Gasteiger partial charge in [0, 0.05) is 6.42 Å². The molecular weight excluding hydrogens is 248 g/mol. The van der Waals surface area contributed by atoms with Crippen molar-refractivity contribution in [2.24, 2.45) is 0 Å². The van der Waals surface area contributed by atoms with Crippen molar-refractivity contribution in [1.82, 2.24) is 19.5 Å². The molecular formula is C16H18N4. The second kappa shape index (κ2) is 5.82. The molecule has 3 rings (SSSR count). The van der Waals surface area contributed by atoms with Crippen LogP contribution in [0.4, 0.5) is 0 Å². The zero-order chi connectivity index (χ0) is 13.8. The lowest BCUT2D eigenvalue weighted by Crippen LogP contribution is -2.02. The first-order chi connectivity index (χ1) is 9.86. The highest BCUT2D eigenvalue weighted by Gasteiger charge is 2.07. The fourth-order valence-electron chi connectivity index (χ4n) is 2.24. The van der Waals surface area contributed by atoms with E-state index < -0.39 is 0 Å². The van der Waals surface area contributed by atoms with Crippen LogP contribution in [0.2, 0.25) is 0 Å². The molecule has 20 heavy (non-hydrogen) atoms. The smallest absolute Gasteiger partial charge is 0.163 e. The first-order valence-electron chi connectivity index (χ1n) is 7.07. The van der Waals surface area contributed by atoms with Gasteiger partial charge in [-0.05, 0) is 12.0 Å². The molecule has 0 atom stereocenters. The Balaban J connectivity index is 1.90. The van der Waals surface area contributed by atoms with Gasteiger partial charge < -0.3 is 4.57 Å². The number of fused-ring (bicyclic) bond motifs is 1. The fraction of sp³-hybridized carbons (Fsp3) is 0.312. The Bertz CT molecular complexity index is 688. The van der Waals surface area contributed by atoms with Crippen LogP contribution in [0.1, 0.15) is 31.2 Å². The zero-order valence-electron chi connectivity index (χ0n) is 11.7. The second-order valence-corrected chi connectivity index (χ2v) is 4.96. The molecule has 0 aliphatic heterocycles. The molecule has 2 heterocycles. The highest BCUT2D eigenvalue weighted by atomic mass is 15.1. The summed E-state index contributed by atoms with van der Waals surface area (Å²) in [5.41, 5.74) is 3.04. The molecule has 0 radical (unpaired) electrons. The van der Waals surface area contributed by atoms with Crippen molar-refractivity contribution in [3.63, 3.8) is 0 Å². The zero-order valence-corrected chi connectivity index (χ0v) is 11.7. The maximum absolute atomic E-state index is 4.66. The Labute approximate surface area is 118 Å². The van der Waals surface area contributed by atoms with Crippen molar-refractivity contribution >= 4 is 11.2 Å². The number of aromatic nitrogens is 4. The lowest BCUT2D eigenvalue weighted by molar-refractivity contribution is 0.748. The summed E-state index contributed by atoms with van der Waals surface area (Å²) in [7, 11) is 0. The van der Waals surface area contributed by atoms with Gasteiger partial charge in [-0.1, -0.05) is 43.7 Å². The Kier molecular flexibility index (Phi) is 3.72. The summed E-state index contributed by atoms with van der Waals surface area (Å²) in [5.74, 6) is 0.911. The Morgan fingerprint density at radius 1 is 1.10 bits per heavy atom. The third-order valence-corrected chi connectivity index (χ3v) is 3.36. The van der Waals surface area contributed by atoms with E-state index in [1.807, 2.05) is 18.6 Å². The summed E-state index contributed by atoms with van der Waals surface area (Å²) < 4.78 is 2.09. The van der Waals surface area contributed by atoms with Gasteiger partial charge in [-0.25, -0.2) is 15.0 Å². The van der Waals surface area contributed by atoms with E-state index in [1.165, 1.54) is 5.56 Å². The SMILES string of the molecule is CCCCc1ncc2ncn(Cc3ccccc3)c2n1. The number of benzene rings is 1. The standard InChI is InChI=1S/C16H18N4/c1-2-3-9-15-17-10-14-16(19-15)20(12-18-14)11-13-7-5-4-6-8-13/h4-8,10,12H,2-3,9,11H2,1H3. The molecule has 0 aliphatic carbocycles. The highest BCUT2D eigenvalue weighted by Crippen LogP contribution is 2.12. The third kappa shape index (κ3) is 2.69. The van der Waals surface area contributed by atoms with E-state index in [-0.39, 0.29) is 0 Å². The molecule has 1 aromatic carbocycles. The van der Waals surface area contributed by atoms with Crippen LogP contribution in [0.25, 0.3) is 11.2 Å². The van der Waals surface area contributed by atoms with Gasteiger partial charge in [0.15, 0.2) is 5.65 Å². The van der Waals surface area contributed by atoms with Gasteiger partial charge in [-0.3, -0.25) is 0 Å². The summed E-state index contributed by atoms with van der Waals surface area (Å²) in [6.45, 7) is 2.97. The minimum atomic E-state index is 0.793. The van der Waals surface area contributed by atoms with Crippen molar-refractivity contribution in [1.29, 1.82) is 0 Å². The second-order valence-electron chi connectivity index (χ2n) is 4.96. The molecule has 0 N–H and O–H groups in total. The average molecular weight is 266 g/mol. The monoisotopic (exact) mass is 266 g/mol. The van der Waals surface area contributed by atoms with E-state index in [0.29, 0.717) is 0 Å².